The molecule has 1 N–H and O–H groups in total. The van der Waals surface area contributed by atoms with Crippen molar-refractivity contribution >= 4 is 17.9 Å². The average Bonchev–Trinajstić information content (AvgIpc) is 3.01. The van der Waals surface area contributed by atoms with Gasteiger partial charge in [-0.15, -0.1) is 0 Å². The Kier molecular flexibility index (Phi) is 7.80. The molecule has 0 saturated carbocycles. The minimum atomic E-state index is -0.864. The Bertz CT molecular complexity index is 910. The van der Waals surface area contributed by atoms with Gasteiger partial charge in [0.1, 0.15) is 0 Å². The van der Waals surface area contributed by atoms with E-state index >= 15 is 0 Å². The zero-order valence-electron chi connectivity index (χ0n) is 18.6. The van der Waals surface area contributed by atoms with E-state index in [0.29, 0.717) is 11.1 Å². The predicted octanol–water partition coefficient (Wildman–Crippen LogP) is 5.95. The van der Waals surface area contributed by atoms with Gasteiger partial charge in [-0.25, -0.2) is 0 Å². The lowest BCUT2D eigenvalue weighted by molar-refractivity contribution is 0.0448. The summed E-state index contributed by atoms with van der Waals surface area (Å²) in [5, 5.41) is 11.0. The molecular weight excluding hydrogens is 386 g/mol. The summed E-state index contributed by atoms with van der Waals surface area (Å²) in [5.41, 5.74) is 1.90. The number of rotatable bonds is 11. The number of benzene rings is 2. The third-order valence-corrected chi connectivity index (χ3v) is 6.00. The summed E-state index contributed by atoms with van der Waals surface area (Å²) in [6.07, 6.45) is 11.6. The maximum Gasteiger partial charge on any atom is 0.261 e. The van der Waals surface area contributed by atoms with Crippen LogP contribution in [0.2, 0.25) is 0 Å². The number of carbonyl (C=O) groups is 2. The second kappa shape index (κ2) is 10.5. The third-order valence-electron chi connectivity index (χ3n) is 6.00. The van der Waals surface area contributed by atoms with Crippen LogP contribution in [0.25, 0.3) is 6.08 Å². The number of unbranched alkanes of at least 4 members (excludes halogenated alkanes) is 5. The fourth-order valence-electron chi connectivity index (χ4n) is 4.07. The van der Waals surface area contributed by atoms with Gasteiger partial charge in [0.25, 0.3) is 11.8 Å². The Labute approximate surface area is 185 Å². The molecule has 31 heavy (non-hydrogen) atoms. The van der Waals surface area contributed by atoms with Gasteiger partial charge in [0, 0.05) is 6.54 Å². The Morgan fingerprint density at radius 1 is 0.903 bits per heavy atom. The summed E-state index contributed by atoms with van der Waals surface area (Å²) in [4.78, 5) is 26.2. The number of fused-ring (bicyclic) bond motifs is 1. The van der Waals surface area contributed by atoms with E-state index in [1.807, 2.05) is 43.3 Å². The summed E-state index contributed by atoms with van der Waals surface area (Å²) in [6, 6.07) is 14.8. The van der Waals surface area contributed by atoms with Crippen LogP contribution < -0.4 is 0 Å². The van der Waals surface area contributed by atoms with Crippen molar-refractivity contribution in [2.45, 2.75) is 64.4 Å². The Balaban J connectivity index is 1.57. The van der Waals surface area contributed by atoms with Crippen molar-refractivity contribution in [1.82, 2.24) is 4.90 Å². The van der Waals surface area contributed by atoms with Gasteiger partial charge in [-0.05, 0) is 42.7 Å². The first kappa shape index (κ1) is 23.0. The summed E-state index contributed by atoms with van der Waals surface area (Å²) < 4.78 is 0. The summed E-state index contributed by atoms with van der Waals surface area (Å²) in [7, 11) is 0. The number of carbonyl (C=O) groups excluding carboxylic acids is 2. The lowest BCUT2D eigenvalue weighted by Crippen LogP contribution is -2.29. The molecule has 4 nitrogen and oxygen atoms in total. The molecule has 0 fully saturated rings. The van der Waals surface area contributed by atoms with E-state index in [1.54, 1.807) is 24.3 Å². The number of imide groups is 1. The van der Waals surface area contributed by atoms with Crippen molar-refractivity contribution < 1.29 is 14.7 Å². The van der Waals surface area contributed by atoms with Crippen LogP contribution in [0.5, 0.6) is 0 Å². The van der Waals surface area contributed by atoms with Crippen molar-refractivity contribution in [2.24, 2.45) is 0 Å². The van der Waals surface area contributed by atoms with Gasteiger partial charge in [0.2, 0.25) is 0 Å². The minimum Gasteiger partial charge on any atom is -0.385 e. The van der Waals surface area contributed by atoms with Crippen molar-refractivity contribution in [3.63, 3.8) is 0 Å². The number of hydrogen-bond acceptors (Lipinski definition) is 3. The van der Waals surface area contributed by atoms with E-state index in [-0.39, 0.29) is 18.4 Å². The number of aliphatic hydroxyl groups is 1. The fraction of sp³-hybridized carbons (Fsp3) is 0.407. The summed E-state index contributed by atoms with van der Waals surface area (Å²) in [6.45, 7) is 4.32. The zero-order valence-corrected chi connectivity index (χ0v) is 18.6. The van der Waals surface area contributed by atoms with Crippen LogP contribution in [-0.2, 0) is 5.60 Å². The number of nitrogens with zero attached hydrogens (tertiary/aromatic N) is 1. The molecular formula is C27H33NO3. The molecule has 0 aromatic heterocycles. The first-order valence-electron chi connectivity index (χ1n) is 11.4. The van der Waals surface area contributed by atoms with Gasteiger partial charge in [0.15, 0.2) is 0 Å². The van der Waals surface area contributed by atoms with Crippen LogP contribution in [0.1, 0.15) is 90.6 Å². The van der Waals surface area contributed by atoms with Crippen LogP contribution in [-0.4, -0.2) is 28.4 Å². The van der Waals surface area contributed by atoms with Gasteiger partial charge in [-0.3, -0.25) is 14.5 Å². The second-order valence-electron chi connectivity index (χ2n) is 8.59. The molecule has 164 valence electrons. The lowest BCUT2D eigenvalue weighted by Gasteiger charge is -2.24. The predicted molar refractivity (Wildman–Crippen MR) is 125 cm³/mol. The molecule has 0 aliphatic carbocycles. The van der Waals surface area contributed by atoms with Crippen LogP contribution in [0.15, 0.2) is 54.6 Å². The maximum absolute atomic E-state index is 12.5. The molecule has 1 aliphatic heterocycles. The number of amides is 2. The largest absolute Gasteiger partial charge is 0.385 e. The SMILES string of the molecule is CCCCCCCCC(C)(O)c1cccc(C=CCN2C(=O)c3ccccc3C2=O)c1. The monoisotopic (exact) mass is 419 g/mol. The number of hydrogen-bond donors (Lipinski definition) is 1. The van der Waals surface area contributed by atoms with Crippen molar-refractivity contribution in [2.75, 3.05) is 6.54 Å². The van der Waals surface area contributed by atoms with Crippen molar-refractivity contribution in [1.29, 1.82) is 0 Å². The van der Waals surface area contributed by atoms with E-state index in [9.17, 15) is 14.7 Å². The quantitative estimate of drug-likeness (QED) is 0.361. The van der Waals surface area contributed by atoms with Crippen LogP contribution in [0.3, 0.4) is 0 Å². The van der Waals surface area contributed by atoms with E-state index in [1.165, 1.54) is 30.6 Å². The van der Waals surface area contributed by atoms with Gasteiger partial charge in [0.05, 0.1) is 16.7 Å². The third kappa shape index (κ3) is 5.71. The normalized spacial score (nSPS) is 15.5. The highest BCUT2D eigenvalue weighted by Gasteiger charge is 2.34. The summed E-state index contributed by atoms with van der Waals surface area (Å²) in [5.74, 6) is -0.498. The van der Waals surface area contributed by atoms with Crippen LogP contribution >= 0.6 is 0 Å². The van der Waals surface area contributed by atoms with Crippen LogP contribution in [0.4, 0.5) is 0 Å². The molecule has 2 amide bonds. The highest BCUT2D eigenvalue weighted by Crippen LogP contribution is 2.28. The Morgan fingerprint density at radius 2 is 1.55 bits per heavy atom. The average molecular weight is 420 g/mol. The highest BCUT2D eigenvalue weighted by molar-refractivity contribution is 6.21. The molecule has 2 aromatic carbocycles. The van der Waals surface area contributed by atoms with Gasteiger partial charge in [-0.2, -0.15) is 0 Å². The molecule has 0 bridgehead atoms. The maximum atomic E-state index is 12.5. The first-order chi connectivity index (χ1) is 14.9. The molecule has 1 heterocycles. The molecule has 4 heteroatoms. The van der Waals surface area contributed by atoms with Crippen LogP contribution in [0, 0.1) is 0 Å². The Hall–Kier alpha value is -2.72. The van der Waals surface area contributed by atoms with E-state index < -0.39 is 5.60 Å². The highest BCUT2D eigenvalue weighted by atomic mass is 16.3. The fourth-order valence-corrected chi connectivity index (χ4v) is 4.07. The van der Waals surface area contributed by atoms with Gasteiger partial charge < -0.3 is 5.11 Å². The van der Waals surface area contributed by atoms with Crippen molar-refractivity contribution in [3.8, 4) is 0 Å². The second-order valence-corrected chi connectivity index (χ2v) is 8.59. The zero-order chi connectivity index (χ0) is 22.3. The topological polar surface area (TPSA) is 57.6 Å². The molecule has 0 saturated heterocycles. The molecule has 0 spiro atoms. The molecule has 1 atom stereocenters. The standard InChI is InChI=1S/C27H33NO3/c1-3-4-5-6-7-10-18-27(2,31)22-15-11-13-21(20-22)14-12-19-28-25(29)23-16-8-9-17-24(23)26(28)30/h8-9,11-17,20,31H,3-7,10,18-19H2,1-2H3. The Morgan fingerprint density at radius 3 is 2.23 bits per heavy atom. The smallest absolute Gasteiger partial charge is 0.261 e. The van der Waals surface area contributed by atoms with E-state index in [4.69, 9.17) is 0 Å². The molecule has 1 unspecified atom stereocenters. The van der Waals surface area contributed by atoms with Gasteiger partial charge in [-0.1, -0.05) is 87.9 Å². The van der Waals surface area contributed by atoms with E-state index in [2.05, 4.69) is 6.92 Å². The van der Waals surface area contributed by atoms with Gasteiger partial charge >= 0.3 is 0 Å². The van der Waals surface area contributed by atoms with Crippen molar-refractivity contribution in [3.05, 3.63) is 76.9 Å². The minimum absolute atomic E-state index is 0.227. The molecule has 2 aromatic rings. The van der Waals surface area contributed by atoms with E-state index in [0.717, 1.165) is 30.4 Å². The molecule has 3 rings (SSSR count). The molecule has 1 aliphatic rings. The first-order valence-corrected chi connectivity index (χ1v) is 11.4. The molecule has 0 radical (unpaired) electrons. The summed E-state index contributed by atoms with van der Waals surface area (Å²) >= 11 is 0. The lowest BCUT2D eigenvalue weighted by atomic mass is 9.89.